The molecular weight excluding hydrogens is 237 g/mol. The van der Waals surface area contributed by atoms with Gasteiger partial charge in [-0.1, -0.05) is 17.8 Å². The Morgan fingerprint density at radius 1 is 1.12 bits per heavy atom. The molecule has 0 bridgehead atoms. The third-order valence-electron chi connectivity index (χ3n) is 2.17. The van der Waals surface area contributed by atoms with Gasteiger partial charge in [0.2, 0.25) is 0 Å². The maximum atomic E-state index is 13.0. The Kier molecular flexibility index (Phi) is 3.54. The fourth-order valence-corrected chi connectivity index (χ4v) is 2.40. The molecule has 0 aliphatic carbocycles. The maximum Gasteiger partial charge on any atom is 0.124 e. The lowest BCUT2D eigenvalue weighted by molar-refractivity contribution is 0.414. The van der Waals surface area contributed by atoms with Crippen LogP contribution >= 0.6 is 11.8 Å². The van der Waals surface area contributed by atoms with E-state index >= 15 is 0 Å². The Hall–Kier alpha value is -1.68. The average Bonchev–Trinajstić information content (AvgIpc) is 2.28. The number of methoxy groups -OCH3 is 1. The minimum Gasteiger partial charge on any atom is -0.497 e. The van der Waals surface area contributed by atoms with E-state index in [1.807, 2.05) is 18.2 Å². The van der Waals surface area contributed by atoms with Crippen LogP contribution in [0.3, 0.4) is 0 Å². The first-order valence-corrected chi connectivity index (χ1v) is 5.87. The maximum absolute atomic E-state index is 13.0. The van der Waals surface area contributed by atoms with Gasteiger partial charge in [-0.05, 0) is 30.3 Å². The van der Waals surface area contributed by atoms with Gasteiger partial charge < -0.3 is 10.5 Å². The van der Waals surface area contributed by atoms with Crippen LogP contribution in [-0.4, -0.2) is 7.11 Å². The van der Waals surface area contributed by atoms with Gasteiger partial charge in [0.25, 0.3) is 0 Å². The van der Waals surface area contributed by atoms with Crippen molar-refractivity contribution in [3.63, 3.8) is 0 Å². The standard InChI is InChI=1S/C13H12FNOS/c1-16-11-6-10(15)7-13(8-11)17-12-4-2-3-9(14)5-12/h2-8H,15H2,1H3. The number of nitrogen functional groups attached to an aromatic ring is 1. The third kappa shape index (κ3) is 3.14. The summed E-state index contributed by atoms with van der Waals surface area (Å²) in [5.74, 6) is 0.453. The van der Waals surface area contributed by atoms with E-state index in [1.165, 1.54) is 23.9 Å². The Balaban J connectivity index is 2.26. The van der Waals surface area contributed by atoms with E-state index in [0.717, 1.165) is 9.79 Å². The molecule has 2 nitrogen and oxygen atoms in total. The second-order valence-corrected chi connectivity index (χ2v) is 4.65. The van der Waals surface area contributed by atoms with E-state index < -0.39 is 0 Å². The molecule has 0 heterocycles. The van der Waals surface area contributed by atoms with Crippen molar-refractivity contribution in [1.82, 2.24) is 0 Å². The van der Waals surface area contributed by atoms with Crippen molar-refractivity contribution in [1.29, 1.82) is 0 Å². The van der Waals surface area contributed by atoms with Crippen molar-refractivity contribution in [2.75, 3.05) is 12.8 Å². The minimum absolute atomic E-state index is 0.245. The van der Waals surface area contributed by atoms with Gasteiger partial charge >= 0.3 is 0 Å². The van der Waals surface area contributed by atoms with Gasteiger partial charge in [0.05, 0.1) is 7.11 Å². The van der Waals surface area contributed by atoms with Crippen LogP contribution in [-0.2, 0) is 0 Å². The van der Waals surface area contributed by atoms with E-state index in [0.29, 0.717) is 11.4 Å². The lowest BCUT2D eigenvalue weighted by Gasteiger charge is -2.06. The number of halogens is 1. The van der Waals surface area contributed by atoms with E-state index in [4.69, 9.17) is 10.5 Å². The van der Waals surface area contributed by atoms with Crippen LogP contribution in [0.25, 0.3) is 0 Å². The highest BCUT2D eigenvalue weighted by Gasteiger charge is 2.02. The van der Waals surface area contributed by atoms with Crippen LogP contribution in [0.2, 0.25) is 0 Å². The van der Waals surface area contributed by atoms with Crippen LogP contribution in [0.1, 0.15) is 0 Å². The molecule has 17 heavy (non-hydrogen) atoms. The molecule has 0 saturated heterocycles. The Morgan fingerprint density at radius 2 is 1.94 bits per heavy atom. The Labute approximate surface area is 104 Å². The first kappa shape index (κ1) is 11.8. The van der Waals surface area contributed by atoms with Crippen LogP contribution in [0, 0.1) is 5.82 Å². The summed E-state index contributed by atoms with van der Waals surface area (Å²) in [7, 11) is 1.59. The molecule has 2 N–H and O–H groups in total. The second-order valence-electron chi connectivity index (χ2n) is 3.50. The molecule has 0 amide bonds. The largest absolute Gasteiger partial charge is 0.497 e. The van der Waals surface area contributed by atoms with Crippen molar-refractivity contribution >= 4 is 17.4 Å². The highest BCUT2D eigenvalue weighted by Crippen LogP contribution is 2.32. The monoisotopic (exact) mass is 249 g/mol. The van der Waals surface area contributed by atoms with E-state index in [9.17, 15) is 4.39 Å². The first-order chi connectivity index (χ1) is 8.17. The number of anilines is 1. The molecule has 0 aliphatic rings. The number of hydrogen-bond donors (Lipinski definition) is 1. The SMILES string of the molecule is COc1cc(N)cc(Sc2cccc(F)c2)c1. The van der Waals surface area contributed by atoms with Gasteiger partial charge in [-0.3, -0.25) is 0 Å². The molecular formula is C13H12FNOS. The molecule has 0 radical (unpaired) electrons. The summed E-state index contributed by atoms with van der Waals surface area (Å²) in [5, 5.41) is 0. The van der Waals surface area contributed by atoms with Gasteiger partial charge in [0.15, 0.2) is 0 Å². The van der Waals surface area contributed by atoms with Crippen LogP contribution in [0.4, 0.5) is 10.1 Å². The summed E-state index contributed by atoms with van der Waals surface area (Å²) in [6, 6.07) is 11.9. The lowest BCUT2D eigenvalue weighted by atomic mass is 10.3. The number of hydrogen-bond acceptors (Lipinski definition) is 3. The zero-order chi connectivity index (χ0) is 12.3. The molecule has 0 aliphatic heterocycles. The topological polar surface area (TPSA) is 35.2 Å². The summed E-state index contributed by atoms with van der Waals surface area (Å²) in [6.45, 7) is 0. The van der Waals surface area contributed by atoms with Crippen molar-refractivity contribution in [2.45, 2.75) is 9.79 Å². The highest BCUT2D eigenvalue weighted by atomic mass is 32.2. The Morgan fingerprint density at radius 3 is 2.65 bits per heavy atom. The molecule has 0 atom stereocenters. The van der Waals surface area contributed by atoms with Crippen molar-refractivity contribution < 1.29 is 9.13 Å². The average molecular weight is 249 g/mol. The molecule has 0 unspecified atom stereocenters. The van der Waals surface area contributed by atoms with Gasteiger partial charge in [-0.25, -0.2) is 4.39 Å². The molecule has 0 fully saturated rings. The molecule has 0 saturated carbocycles. The van der Waals surface area contributed by atoms with Gasteiger partial charge in [0, 0.05) is 21.5 Å². The van der Waals surface area contributed by atoms with Gasteiger partial charge in [-0.15, -0.1) is 0 Å². The fourth-order valence-electron chi connectivity index (χ4n) is 1.44. The van der Waals surface area contributed by atoms with Crippen LogP contribution in [0.5, 0.6) is 5.75 Å². The summed E-state index contributed by atoms with van der Waals surface area (Å²) >= 11 is 1.45. The highest BCUT2D eigenvalue weighted by molar-refractivity contribution is 7.99. The lowest BCUT2D eigenvalue weighted by Crippen LogP contribution is -1.89. The van der Waals surface area contributed by atoms with Gasteiger partial charge in [-0.2, -0.15) is 0 Å². The minimum atomic E-state index is -0.245. The van der Waals surface area contributed by atoms with E-state index in [1.54, 1.807) is 19.2 Å². The summed E-state index contributed by atoms with van der Waals surface area (Å²) < 4.78 is 18.2. The zero-order valence-electron chi connectivity index (χ0n) is 9.31. The molecule has 2 aromatic carbocycles. The zero-order valence-corrected chi connectivity index (χ0v) is 10.1. The summed E-state index contributed by atoms with van der Waals surface area (Å²) in [5.41, 5.74) is 6.38. The quantitative estimate of drug-likeness (QED) is 0.845. The van der Waals surface area contributed by atoms with Crippen LogP contribution < -0.4 is 10.5 Å². The normalized spacial score (nSPS) is 10.2. The van der Waals surface area contributed by atoms with Crippen molar-refractivity contribution in [3.05, 3.63) is 48.3 Å². The van der Waals surface area contributed by atoms with Crippen molar-refractivity contribution in [2.24, 2.45) is 0 Å². The van der Waals surface area contributed by atoms with Gasteiger partial charge in [0.1, 0.15) is 11.6 Å². The Bertz CT molecular complexity index is 531. The summed E-state index contributed by atoms with van der Waals surface area (Å²) in [6.07, 6.45) is 0. The molecule has 0 aromatic heterocycles. The van der Waals surface area contributed by atoms with E-state index in [-0.39, 0.29) is 5.82 Å². The molecule has 2 aromatic rings. The first-order valence-electron chi connectivity index (χ1n) is 5.05. The number of ether oxygens (including phenoxy) is 1. The van der Waals surface area contributed by atoms with Crippen LogP contribution in [0.15, 0.2) is 52.3 Å². The molecule has 2 rings (SSSR count). The van der Waals surface area contributed by atoms with E-state index in [2.05, 4.69) is 0 Å². The second kappa shape index (κ2) is 5.10. The van der Waals surface area contributed by atoms with Crippen molar-refractivity contribution in [3.8, 4) is 5.75 Å². The third-order valence-corrected chi connectivity index (χ3v) is 3.13. The number of rotatable bonds is 3. The smallest absolute Gasteiger partial charge is 0.124 e. The molecule has 0 spiro atoms. The summed E-state index contributed by atoms with van der Waals surface area (Å²) in [4.78, 5) is 1.75. The molecule has 4 heteroatoms. The molecule has 88 valence electrons. The number of benzene rings is 2. The number of nitrogens with two attached hydrogens (primary N) is 1. The fraction of sp³-hybridized carbons (Fsp3) is 0.0769. The predicted molar refractivity (Wildman–Crippen MR) is 67.9 cm³/mol. The predicted octanol–water partition coefficient (Wildman–Crippen LogP) is 3.57.